The maximum Gasteiger partial charge on any atom is 0.303 e. The number of carbonyl (C=O) groups is 1. The minimum Gasteiger partial charge on any atom is -0.481 e. The van der Waals surface area contributed by atoms with Crippen molar-refractivity contribution >= 4 is 11.7 Å². The predicted octanol–water partition coefficient (Wildman–Crippen LogP) is 2.76. The lowest BCUT2D eigenvalue weighted by Gasteiger charge is -2.35. The van der Waals surface area contributed by atoms with Gasteiger partial charge in [-0.25, -0.2) is 0 Å². The number of aliphatic hydroxyl groups is 1. The Hall–Kier alpha value is -1.55. The van der Waals surface area contributed by atoms with Gasteiger partial charge in [0.15, 0.2) is 0 Å². The first-order valence-electron chi connectivity index (χ1n) is 7.07. The third-order valence-corrected chi connectivity index (χ3v) is 3.69. The van der Waals surface area contributed by atoms with Gasteiger partial charge in [0.2, 0.25) is 0 Å². The van der Waals surface area contributed by atoms with Crippen molar-refractivity contribution < 1.29 is 15.0 Å². The highest BCUT2D eigenvalue weighted by atomic mass is 16.4. The topological polar surface area (TPSA) is 60.8 Å². The van der Waals surface area contributed by atoms with Crippen LogP contribution >= 0.6 is 0 Å². The number of benzene rings is 1. The molecule has 0 aliphatic heterocycles. The monoisotopic (exact) mass is 279 g/mol. The van der Waals surface area contributed by atoms with Gasteiger partial charge in [0.25, 0.3) is 0 Å². The van der Waals surface area contributed by atoms with Crippen LogP contribution in [0, 0.1) is 5.92 Å². The second-order valence-corrected chi connectivity index (χ2v) is 5.77. The Labute approximate surface area is 121 Å². The zero-order valence-electron chi connectivity index (χ0n) is 12.5. The first-order chi connectivity index (χ1) is 9.33. The summed E-state index contributed by atoms with van der Waals surface area (Å²) in [7, 11) is 0. The fourth-order valence-electron chi connectivity index (χ4n) is 1.93. The molecule has 2 N–H and O–H groups in total. The third-order valence-electron chi connectivity index (χ3n) is 3.69. The second-order valence-electron chi connectivity index (χ2n) is 5.77. The van der Waals surface area contributed by atoms with Crippen molar-refractivity contribution in [2.75, 3.05) is 18.0 Å². The quantitative estimate of drug-likeness (QED) is 0.768. The Balaban J connectivity index is 2.77. The summed E-state index contributed by atoms with van der Waals surface area (Å²) >= 11 is 0. The maximum atomic E-state index is 10.6. The van der Waals surface area contributed by atoms with E-state index in [1.54, 1.807) is 0 Å². The van der Waals surface area contributed by atoms with E-state index in [1.807, 2.05) is 51.1 Å². The van der Waals surface area contributed by atoms with Crippen molar-refractivity contribution in [3.8, 4) is 0 Å². The molecule has 0 aliphatic rings. The predicted molar refractivity (Wildman–Crippen MR) is 81.0 cm³/mol. The maximum absolute atomic E-state index is 10.6. The van der Waals surface area contributed by atoms with E-state index in [-0.39, 0.29) is 12.3 Å². The molecule has 0 saturated heterocycles. The average molecular weight is 279 g/mol. The summed E-state index contributed by atoms with van der Waals surface area (Å²) in [6.45, 7) is 6.92. The minimum atomic E-state index is -0.806. The fourth-order valence-corrected chi connectivity index (χ4v) is 1.93. The molecule has 0 aromatic heterocycles. The van der Waals surface area contributed by atoms with Crippen LogP contribution in [0.4, 0.5) is 5.69 Å². The highest BCUT2D eigenvalue weighted by molar-refractivity contribution is 5.66. The molecule has 0 amide bonds. The number of para-hydroxylation sites is 1. The normalized spacial score (nSPS) is 14.1. The smallest absolute Gasteiger partial charge is 0.303 e. The van der Waals surface area contributed by atoms with Gasteiger partial charge < -0.3 is 15.1 Å². The third kappa shape index (κ3) is 5.21. The van der Waals surface area contributed by atoms with Gasteiger partial charge in [-0.3, -0.25) is 4.79 Å². The highest BCUT2D eigenvalue weighted by Crippen LogP contribution is 2.22. The first-order valence-corrected chi connectivity index (χ1v) is 7.07. The summed E-state index contributed by atoms with van der Waals surface area (Å²) in [5, 5.41) is 19.2. The summed E-state index contributed by atoms with van der Waals surface area (Å²) in [5.74, 6) is -0.651. The number of hydrogen-bond acceptors (Lipinski definition) is 3. The number of nitrogens with zero attached hydrogens (tertiary/aromatic N) is 1. The van der Waals surface area contributed by atoms with E-state index >= 15 is 0 Å². The Bertz CT molecular complexity index is 415. The molecule has 20 heavy (non-hydrogen) atoms. The standard InChI is InChI=1S/C16H25NO3/c1-13(2)16(3,20)12-17(11-7-10-15(18)19)14-8-5-4-6-9-14/h4-6,8-9,13,20H,7,10-12H2,1-3H3,(H,18,19). The molecule has 1 atom stereocenters. The number of carboxylic acids is 1. The molecule has 0 aliphatic carbocycles. The summed E-state index contributed by atoms with van der Waals surface area (Å²) in [4.78, 5) is 12.7. The lowest BCUT2D eigenvalue weighted by Crippen LogP contribution is -2.45. The number of rotatable bonds is 8. The largest absolute Gasteiger partial charge is 0.481 e. The molecular weight excluding hydrogens is 254 g/mol. The Morgan fingerprint density at radius 2 is 1.90 bits per heavy atom. The van der Waals surface area contributed by atoms with E-state index in [0.717, 1.165) is 5.69 Å². The van der Waals surface area contributed by atoms with Crippen LogP contribution in [0.25, 0.3) is 0 Å². The summed E-state index contributed by atoms with van der Waals surface area (Å²) in [6.07, 6.45) is 0.714. The van der Waals surface area contributed by atoms with Gasteiger partial charge in [-0.15, -0.1) is 0 Å². The molecule has 1 unspecified atom stereocenters. The first kappa shape index (κ1) is 16.5. The van der Waals surface area contributed by atoms with Crippen LogP contribution in [0.3, 0.4) is 0 Å². The molecule has 0 spiro atoms. The van der Waals surface area contributed by atoms with Crippen molar-refractivity contribution in [1.29, 1.82) is 0 Å². The van der Waals surface area contributed by atoms with E-state index < -0.39 is 11.6 Å². The lowest BCUT2D eigenvalue weighted by molar-refractivity contribution is -0.137. The van der Waals surface area contributed by atoms with E-state index in [1.165, 1.54) is 0 Å². The van der Waals surface area contributed by atoms with Gasteiger partial charge in [0.1, 0.15) is 0 Å². The van der Waals surface area contributed by atoms with E-state index in [4.69, 9.17) is 5.11 Å². The summed E-state index contributed by atoms with van der Waals surface area (Å²) < 4.78 is 0. The fraction of sp³-hybridized carbons (Fsp3) is 0.562. The van der Waals surface area contributed by atoms with Crippen molar-refractivity contribution in [2.45, 2.75) is 39.2 Å². The molecule has 1 rings (SSSR count). The molecule has 4 heteroatoms. The van der Waals surface area contributed by atoms with Gasteiger partial charge in [0, 0.05) is 25.2 Å². The van der Waals surface area contributed by atoms with Crippen molar-refractivity contribution in [1.82, 2.24) is 0 Å². The molecule has 0 fully saturated rings. The lowest BCUT2D eigenvalue weighted by atomic mass is 9.91. The molecule has 112 valence electrons. The van der Waals surface area contributed by atoms with Gasteiger partial charge in [-0.05, 0) is 31.4 Å². The number of anilines is 1. The molecule has 1 aromatic carbocycles. The van der Waals surface area contributed by atoms with E-state index in [9.17, 15) is 9.90 Å². The number of carboxylic acid groups (broad SMARTS) is 1. The number of hydrogen-bond donors (Lipinski definition) is 2. The van der Waals surface area contributed by atoms with Gasteiger partial charge in [0.05, 0.1) is 5.60 Å². The number of aliphatic carboxylic acids is 1. The van der Waals surface area contributed by atoms with Crippen LogP contribution in [0.5, 0.6) is 0 Å². The minimum absolute atomic E-state index is 0.133. The molecule has 0 bridgehead atoms. The van der Waals surface area contributed by atoms with Gasteiger partial charge in [-0.2, -0.15) is 0 Å². The Morgan fingerprint density at radius 1 is 1.30 bits per heavy atom. The van der Waals surface area contributed by atoms with Crippen molar-refractivity contribution in [2.24, 2.45) is 5.92 Å². The molecule has 4 nitrogen and oxygen atoms in total. The molecule has 0 radical (unpaired) electrons. The van der Waals surface area contributed by atoms with E-state index in [0.29, 0.717) is 19.5 Å². The van der Waals surface area contributed by atoms with E-state index in [2.05, 4.69) is 4.90 Å². The van der Waals surface area contributed by atoms with Crippen molar-refractivity contribution in [3.63, 3.8) is 0 Å². The summed E-state index contributed by atoms with van der Waals surface area (Å²) in [5.41, 5.74) is 0.206. The molecule has 1 aromatic rings. The van der Waals surface area contributed by atoms with Crippen LogP contribution in [0.1, 0.15) is 33.6 Å². The Morgan fingerprint density at radius 3 is 2.40 bits per heavy atom. The van der Waals surface area contributed by atoms with Crippen LogP contribution in [-0.4, -0.2) is 34.9 Å². The second kappa shape index (κ2) is 7.29. The Kier molecular flexibility index (Phi) is 6.02. The van der Waals surface area contributed by atoms with Crippen LogP contribution in [0.2, 0.25) is 0 Å². The average Bonchev–Trinajstić information content (AvgIpc) is 2.38. The molecular formula is C16H25NO3. The molecule has 0 heterocycles. The SMILES string of the molecule is CC(C)C(C)(O)CN(CCCC(=O)O)c1ccccc1. The zero-order chi connectivity index (χ0) is 15.2. The van der Waals surface area contributed by atoms with Crippen LogP contribution < -0.4 is 4.90 Å². The van der Waals surface area contributed by atoms with Crippen molar-refractivity contribution in [3.05, 3.63) is 30.3 Å². The highest BCUT2D eigenvalue weighted by Gasteiger charge is 2.27. The zero-order valence-corrected chi connectivity index (χ0v) is 12.5. The summed E-state index contributed by atoms with van der Waals surface area (Å²) in [6, 6.07) is 9.81. The van der Waals surface area contributed by atoms with Gasteiger partial charge >= 0.3 is 5.97 Å². The van der Waals surface area contributed by atoms with Crippen LogP contribution in [0.15, 0.2) is 30.3 Å². The van der Waals surface area contributed by atoms with Gasteiger partial charge in [-0.1, -0.05) is 32.0 Å². The molecule has 0 saturated carbocycles. The van der Waals surface area contributed by atoms with Crippen LogP contribution in [-0.2, 0) is 4.79 Å².